The molecule has 6 atom stereocenters. The lowest BCUT2D eigenvalue weighted by Gasteiger charge is -2.46. The summed E-state index contributed by atoms with van der Waals surface area (Å²) in [7, 11) is -2.91. The molecule has 1 unspecified atom stereocenters. The Bertz CT molecular complexity index is 1590. The zero-order valence-electron chi connectivity index (χ0n) is 30.3. The fourth-order valence-electron chi connectivity index (χ4n) is 7.17. The minimum atomic E-state index is -2.91. The van der Waals surface area contributed by atoms with Crippen LogP contribution in [0.25, 0.3) is 0 Å². The number of hydrogen-bond donors (Lipinski definition) is 0. The predicted octanol–water partition coefficient (Wildman–Crippen LogP) is 7.53. The summed E-state index contributed by atoms with van der Waals surface area (Å²) in [6.45, 7) is 13.9. The van der Waals surface area contributed by atoms with Gasteiger partial charge in [0.2, 0.25) is 0 Å². The van der Waals surface area contributed by atoms with Crippen molar-refractivity contribution in [2.45, 2.75) is 95.5 Å². The van der Waals surface area contributed by atoms with E-state index in [2.05, 4.69) is 112 Å². The summed E-state index contributed by atoms with van der Waals surface area (Å²) < 4.78 is 47.1. The highest BCUT2D eigenvalue weighted by atomic mass is 28.4. The van der Waals surface area contributed by atoms with E-state index < -0.39 is 45.0 Å². The normalized spacial score (nSPS) is 25.0. The standard InChI is InChI=1S/C43H52O7Si/c1-6-7-20-29-46-43(5)49-40-39(45-31-34-23-14-9-15-24-34)38(44-30-33-21-12-8-13-22-33)37(48-41(40)50-43)32-47-51(42(2,3)4,35-25-16-10-17-26-35)36-27-18-11-19-28-36/h6,8-19,21-28,37-41H,1,7,20,29-32H2,2-5H3/t37-,38-,39+,40+,41+,43?/m1/s1. The monoisotopic (exact) mass is 708 g/mol. The van der Waals surface area contributed by atoms with Gasteiger partial charge in [-0.1, -0.05) is 148 Å². The van der Waals surface area contributed by atoms with E-state index in [1.807, 2.05) is 42.5 Å². The average molecular weight is 709 g/mol. The Balaban J connectivity index is 1.36. The smallest absolute Gasteiger partial charge is 0.282 e. The number of unbranched alkanes of at least 4 members (excludes halogenated alkanes) is 1. The van der Waals surface area contributed by atoms with Gasteiger partial charge >= 0.3 is 0 Å². The van der Waals surface area contributed by atoms with Gasteiger partial charge in [0.05, 0.1) is 26.4 Å². The van der Waals surface area contributed by atoms with Gasteiger partial charge < -0.3 is 28.1 Å². The molecule has 2 aliphatic heterocycles. The fraction of sp³-hybridized carbons (Fsp3) is 0.395. The van der Waals surface area contributed by atoms with Crippen LogP contribution in [0.5, 0.6) is 0 Å². The van der Waals surface area contributed by atoms with Gasteiger partial charge in [-0.15, -0.1) is 6.58 Å². The van der Waals surface area contributed by atoms with Crippen LogP contribution < -0.4 is 10.4 Å². The molecule has 4 aromatic rings. The van der Waals surface area contributed by atoms with Gasteiger partial charge in [0.1, 0.15) is 24.4 Å². The van der Waals surface area contributed by atoms with Crippen molar-refractivity contribution in [2.24, 2.45) is 0 Å². The van der Waals surface area contributed by atoms with Crippen LogP contribution in [0.3, 0.4) is 0 Å². The minimum Gasteiger partial charge on any atom is -0.405 e. The van der Waals surface area contributed by atoms with Gasteiger partial charge in [-0.3, -0.25) is 4.74 Å². The van der Waals surface area contributed by atoms with E-state index in [0.29, 0.717) is 19.8 Å². The maximum Gasteiger partial charge on any atom is 0.282 e. The summed E-state index contributed by atoms with van der Waals surface area (Å²) in [5, 5.41) is 2.16. The van der Waals surface area contributed by atoms with Crippen LogP contribution in [-0.4, -0.2) is 58.2 Å². The summed E-state index contributed by atoms with van der Waals surface area (Å²) in [6.07, 6.45) is 0.474. The molecular formula is C43H52O7Si. The van der Waals surface area contributed by atoms with E-state index in [0.717, 1.165) is 24.0 Å². The maximum absolute atomic E-state index is 7.43. The third-order valence-corrected chi connectivity index (χ3v) is 14.6. The van der Waals surface area contributed by atoms with Crippen molar-refractivity contribution < 1.29 is 32.8 Å². The molecule has 0 spiro atoms. The van der Waals surface area contributed by atoms with Crippen LogP contribution in [0.2, 0.25) is 5.04 Å². The fourth-order valence-corrected chi connectivity index (χ4v) is 11.7. The number of rotatable bonds is 16. The minimum absolute atomic E-state index is 0.221. The first-order valence-corrected chi connectivity index (χ1v) is 20.0. The first kappa shape index (κ1) is 37.3. The molecule has 0 amide bonds. The van der Waals surface area contributed by atoms with E-state index in [4.69, 9.17) is 32.8 Å². The number of fused-ring (bicyclic) bond motifs is 1. The Morgan fingerprint density at radius 1 is 0.725 bits per heavy atom. The molecule has 6 rings (SSSR count). The van der Waals surface area contributed by atoms with E-state index >= 15 is 0 Å². The number of ether oxygens (including phenoxy) is 6. The van der Waals surface area contributed by atoms with Gasteiger partial charge in [-0.2, -0.15) is 0 Å². The lowest BCUT2D eigenvalue weighted by atomic mass is 9.98. The van der Waals surface area contributed by atoms with Crippen LogP contribution >= 0.6 is 0 Å². The van der Waals surface area contributed by atoms with E-state index in [9.17, 15) is 0 Å². The van der Waals surface area contributed by atoms with Crippen molar-refractivity contribution in [3.05, 3.63) is 145 Å². The van der Waals surface area contributed by atoms with Gasteiger partial charge in [0.25, 0.3) is 14.3 Å². The topological polar surface area (TPSA) is 64.6 Å². The molecule has 0 saturated carbocycles. The maximum atomic E-state index is 7.43. The zero-order valence-corrected chi connectivity index (χ0v) is 31.3. The molecule has 2 fully saturated rings. The van der Waals surface area contributed by atoms with E-state index in [1.165, 1.54) is 10.4 Å². The lowest BCUT2D eigenvalue weighted by molar-refractivity contribution is -0.344. The van der Waals surface area contributed by atoms with Crippen molar-refractivity contribution in [1.82, 2.24) is 0 Å². The third kappa shape index (κ3) is 8.79. The summed E-state index contributed by atoms with van der Waals surface area (Å²) in [6, 6.07) is 41.5. The summed E-state index contributed by atoms with van der Waals surface area (Å²) in [5.74, 6) is -1.32. The first-order valence-electron chi connectivity index (χ1n) is 18.0. The second kappa shape index (κ2) is 16.9. The molecule has 4 aromatic carbocycles. The van der Waals surface area contributed by atoms with Crippen molar-refractivity contribution in [1.29, 1.82) is 0 Å². The Labute approximate surface area is 304 Å². The van der Waals surface area contributed by atoms with Gasteiger partial charge in [-0.05, 0) is 39.4 Å². The second-order valence-electron chi connectivity index (χ2n) is 14.4. The Hall–Kier alpha value is -3.44. The quantitative estimate of drug-likeness (QED) is 0.0678. The Kier molecular flexibility index (Phi) is 12.4. The van der Waals surface area contributed by atoms with Crippen molar-refractivity contribution >= 4 is 18.7 Å². The lowest BCUT2D eigenvalue weighted by Crippen LogP contribution is -2.68. The van der Waals surface area contributed by atoms with Crippen LogP contribution in [0.15, 0.2) is 134 Å². The van der Waals surface area contributed by atoms with Crippen molar-refractivity contribution in [3.8, 4) is 0 Å². The molecule has 0 bridgehead atoms. The van der Waals surface area contributed by atoms with Gasteiger partial charge in [-0.25, -0.2) is 0 Å². The van der Waals surface area contributed by atoms with E-state index in [1.54, 1.807) is 6.92 Å². The molecular weight excluding hydrogens is 657 g/mol. The largest absolute Gasteiger partial charge is 0.405 e. The highest BCUT2D eigenvalue weighted by Gasteiger charge is 2.59. The van der Waals surface area contributed by atoms with Crippen LogP contribution in [-0.2, 0) is 46.1 Å². The van der Waals surface area contributed by atoms with Crippen LogP contribution in [0, 0.1) is 0 Å². The summed E-state index contributed by atoms with van der Waals surface area (Å²) >= 11 is 0. The molecule has 51 heavy (non-hydrogen) atoms. The summed E-state index contributed by atoms with van der Waals surface area (Å²) in [5.41, 5.74) is 2.09. The van der Waals surface area contributed by atoms with Crippen LogP contribution in [0.4, 0.5) is 0 Å². The second-order valence-corrected chi connectivity index (χ2v) is 18.7. The molecule has 8 heteroatoms. The Morgan fingerprint density at radius 3 is 1.75 bits per heavy atom. The average Bonchev–Trinajstić information content (AvgIpc) is 3.49. The molecule has 0 aromatic heterocycles. The highest BCUT2D eigenvalue weighted by molar-refractivity contribution is 6.99. The van der Waals surface area contributed by atoms with Crippen LogP contribution in [0.1, 0.15) is 51.7 Å². The molecule has 2 heterocycles. The number of hydrogen-bond acceptors (Lipinski definition) is 7. The molecule has 7 nitrogen and oxygen atoms in total. The molecule has 0 radical (unpaired) electrons. The summed E-state index contributed by atoms with van der Waals surface area (Å²) in [4.78, 5) is 0. The molecule has 0 aliphatic carbocycles. The number of allylic oxidation sites excluding steroid dienone is 1. The molecule has 270 valence electrons. The Morgan fingerprint density at radius 2 is 1.24 bits per heavy atom. The predicted molar refractivity (Wildman–Crippen MR) is 202 cm³/mol. The highest BCUT2D eigenvalue weighted by Crippen LogP contribution is 2.42. The van der Waals surface area contributed by atoms with Gasteiger partial charge in [0, 0.05) is 6.92 Å². The first-order chi connectivity index (χ1) is 24.7. The molecule has 2 saturated heterocycles. The SMILES string of the molecule is C=CCCCOC1(C)O[C@@H]2O[C@H](CO[Si](c3ccccc3)(c3ccccc3)C(C)(C)C)[C@@H](OCc3ccccc3)[C@H](OCc3ccccc3)[C@@H]2O1. The van der Waals surface area contributed by atoms with E-state index in [-0.39, 0.29) is 11.6 Å². The zero-order chi connectivity index (χ0) is 35.7. The van der Waals surface area contributed by atoms with Crippen molar-refractivity contribution in [3.63, 3.8) is 0 Å². The van der Waals surface area contributed by atoms with Gasteiger partial charge in [0.15, 0.2) is 6.29 Å². The number of benzene rings is 4. The molecule has 0 N–H and O–H groups in total. The third-order valence-electron chi connectivity index (χ3n) is 9.64. The van der Waals surface area contributed by atoms with Crippen molar-refractivity contribution in [2.75, 3.05) is 13.2 Å². The molecule has 2 aliphatic rings.